The number of hydrogen-bond donors (Lipinski definition) is 2. The number of benzene rings is 1. The van der Waals surface area contributed by atoms with E-state index < -0.39 is 0 Å². The second kappa shape index (κ2) is 9.97. The van der Waals surface area contributed by atoms with Gasteiger partial charge in [0, 0.05) is 25.6 Å². The Morgan fingerprint density at radius 2 is 1.62 bits per heavy atom. The summed E-state index contributed by atoms with van der Waals surface area (Å²) in [6.07, 6.45) is 5.95. The van der Waals surface area contributed by atoms with Gasteiger partial charge in [-0.3, -0.25) is 9.59 Å². The molecule has 1 aliphatic rings. The van der Waals surface area contributed by atoms with Crippen LogP contribution in [0.25, 0.3) is 0 Å². The molecule has 0 aromatic heterocycles. The highest BCUT2D eigenvalue weighted by molar-refractivity contribution is 5.94. The van der Waals surface area contributed by atoms with Crippen molar-refractivity contribution >= 4 is 11.8 Å². The molecule has 0 spiro atoms. The molecule has 4 nitrogen and oxygen atoms in total. The molecule has 0 saturated heterocycles. The molecule has 0 bridgehead atoms. The molecule has 4 heteroatoms. The van der Waals surface area contributed by atoms with E-state index in [0.29, 0.717) is 18.7 Å². The molecule has 1 aromatic carbocycles. The summed E-state index contributed by atoms with van der Waals surface area (Å²) >= 11 is 0. The van der Waals surface area contributed by atoms with Crippen molar-refractivity contribution in [3.63, 3.8) is 0 Å². The summed E-state index contributed by atoms with van der Waals surface area (Å²) in [5.41, 5.74) is 0.625. The van der Waals surface area contributed by atoms with Crippen molar-refractivity contribution in [3.8, 4) is 0 Å². The average Bonchev–Trinajstić information content (AvgIpc) is 2.96. The highest BCUT2D eigenvalue weighted by atomic mass is 16.2. The van der Waals surface area contributed by atoms with Crippen LogP contribution in [0.4, 0.5) is 0 Å². The molecule has 2 N–H and O–H groups in total. The number of nitrogens with one attached hydrogen (secondary N) is 2. The van der Waals surface area contributed by atoms with Gasteiger partial charge in [0.2, 0.25) is 5.91 Å². The molecule has 0 unspecified atom stereocenters. The predicted molar refractivity (Wildman–Crippen MR) is 85.1 cm³/mol. The highest BCUT2D eigenvalue weighted by Crippen LogP contribution is 2.22. The van der Waals surface area contributed by atoms with E-state index in [-0.39, 0.29) is 11.8 Å². The van der Waals surface area contributed by atoms with E-state index in [0.717, 1.165) is 5.92 Å². The quantitative estimate of drug-likeness (QED) is 0.838. The van der Waals surface area contributed by atoms with Gasteiger partial charge in [0.1, 0.15) is 0 Å². The van der Waals surface area contributed by atoms with Crippen LogP contribution in [-0.4, -0.2) is 24.9 Å². The molecule has 2 rings (SSSR count). The van der Waals surface area contributed by atoms with E-state index in [9.17, 15) is 9.59 Å². The van der Waals surface area contributed by atoms with Gasteiger partial charge in [-0.25, -0.2) is 0 Å². The van der Waals surface area contributed by atoms with Crippen LogP contribution >= 0.6 is 0 Å². The summed E-state index contributed by atoms with van der Waals surface area (Å²) in [5.74, 6) is 0.829. The average molecular weight is 290 g/mol. The lowest BCUT2D eigenvalue weighted by molar-refractivity contribution is -0.118. The number of carbonyl (C=O) groups is 2. The fraction of sp³-hybridized carbons (Fsp3) is 0.529. The van der Waals surface area contributed by atoms with Crippen molar-refractivity contribution < 1.29 is 9.59 Å². The molecule has 2 amide bonds. The minimum atomic E-state index is -0.124. The Morgan fingerprint density at radius 3 is 2.10 bits per heavy atom. The van der Waals surface area contributed by atoms with Crippen LogP contribution in [-0.2, 0) is 4.79 Å². The summed E-state index contributed by atoms with van der Waals surface area (Å²) < 4.78 is 0. The van der Waals surface area contributed by atoms with E-state index in [4.69, 9.17) is 0 Å². The number of amides is 2. The molecule has 0 radical (unpaired) electrons. The summed E-state index contributed by atoms with van der Waals surface area (Å²) in [4.78, 5) is 22.0. The monoisotopic (exact) mass is 290 g/mol. The van der Waals surface area contributed by atoms with Gasteiger partial charge in [-0.05, 0) is 18.1 Å². The second-order valence-corrected chi connectivity index (χ2v) is 5.49. The predicted octanol–water partition coefficient (Wildman–Crippen LogP) is 2.75. The summed E-state index contributed by atoms with van der Waals surface area (Å²) in [6.45, 7) is 4.67. The van der Waals surface area contributed by atoms with E-state index in [2.05, 4.69) is 17.6 Å². The molecule has 0 aliphatic heterocycles. The van der Waals surface area contributed by atoms with Crippen LogP contribution in [0.1, 0.15) is 49.9 Å². The molecular weight excluding hydrogens is 264 g/mol. The van der Waals surface area contributed by atoms with Crippen LogP contribution in [0.2, 0.25) is 0 Å². The fourth-order valence-corrected chi connectivity index (χ4v) is 2.24. The second-order valence-electron chi connectivity index (χ2n) is 5.49. The Balaban J connectivity index is 0.000000304. The third-order valence-electron chi connectivity index (χ3n) is 3.46. The lowest BCUT2D eigenvalue weighted by Crippen LogP contribution is -2.33. The van der Waals surface area contributed by atoms with Crippen molar-refractivity contribution in [1.82, 2.24) is 10.6 Å². The Morgan fingerprint density at radius 1 is 1.05 bits per heavy atom. The number of carbonyl (C=O) groups excluding carboxylic acids is 2. The van der Waals surface area contributed by atoms with E-state index >= 15 is 0 Å². The lowest BCUT2D eigenvalue weighted by Gasteiger charge is -2.05. The molecule has 21 heavy (non-hydrogen) atoms. The van der Waals surface area contributed by atoms with Gasteiger partial charge in [0.15, 0.2) is 0 Å². The zero-order chi connectivity index (χ0) is 15.5. The van der Waals surface area contributed by atoms with Gasteiger partial charge in [0.25, 0.3) is 5.91 Å². The van der Waals surface area contributed by atoms with E-state index in [1.54, 1.807) is 12.1 Å². The first-order valence-corrected chi connectivity index (χ1v) is 7.67. The molecular formula is C17H26N2O2. The van der Waals surface area contributed by atoms with Gasteiger partial charge in [0.05, 0.1) is 0 Å². The molecule has 0 heterocycles. The van der Waals surface area contributed by atoms with Crippen LogP contribution in [0.5, 0.6) is 0 Å². The first-order chi connectivity index (χ1) is 10.1. The summed E-state index contributed by atoms with van der Waals surface area (Å²) in [6, 6.07) is 8.96. The maximum atomic E-state index is 11.5. The van der Waals surface area contributed by atoms with E-state index in [1.165, 1.54) is 32.6 Å². The van der Waals surface area contributed by atoms with Crippen molar-refractivity contribution in [2.24, 2.45) is 5.92 Å². The first-order valence-electron chi connectivity index (χ1n) is 7.67. The fourth-order valence-electron chi connectivity index (χ4n) is 2.24. The van der Waals surface area contributed by atoms with Crippen molar-refractivity contribution in [2.45, 2.75) is 39.5 Å². The highest BCUT2D eigenvalue weighted by Gasteiger charge is 2.07. The number of hydrogen-bond acceptors (Lipinski definition) is 2. The SMILES string of the molecule is CC(=O)NCCNC(=O)c1ccccc1.CC1CCCC1. The van der Waals surface area contributed by atoms with E-state index in [1.807, 2.05) is 18.2 Å². The van der Waals surface area contributed by atoms with Crippen LogP contribution < -0.4 is 10.6 Å². The molecule has 1 aliphatic carbocycles. The molecule has 1 saturated carbocycles. The van der Waals surface area contributed by atoms with Crippen LogP contribution in [0.3, 0.4) is 0 Å². The van der Waals surface area contributed by atoms with Gasteiger partial charge in [-0.2, -0.15) is 0 Å². The maximum absolute atomic E-state index is 11.5. The Bertz CT molecular complexity index is 426. The standard InChI is InChI=1S/C11H14N2O2.C6H12/c1-9(14)12-7-8-13-11(15)10-5-3-2-4-6-10;1-6-4-2-3-5-6/h2-6H,7-8H2,1H3,(H,12,14)(H,13,15);6H,2-5H2,1H3. The van der Waals surface area contributed by atoms with Crippen LogP contribution in [0.15, 0.2) is 30.3 Å². The first kappa shape index (κ1) is 17.2. The Hall–Kier alpha value is -1.84. The zero-order valence-corrected chi connectivity index (χ0v) is 13.0. The largest absolute Gasteiger partial charge is 0.355 e. The molecule has 0 atom stereocenters. The number of rotatable bonds is 4. The smallest absolute Gasteiger partial charge is 0.251 e. The third-order valence-corrected chi connectivity index (χ3v) is 3.46. The topological polar surface area (TPSA) is 58.2 Å². The minimum absolute atomic E-state index is 0.0936. The molecule has 1 fully saturated rings. The van der Waals surface area contributed by atoms with Gasteiger partial charge >= 0.3 is 0 Å². The zero-order valence-electron chi connectivity index (χ0n) is 13.0. The van der Waals surface area contributed by atoms with Gasteiger partial charge < -0.3 is 10.6 Å². The summed E-state index contributed by atoms with van der Waals surface area (Å²) in [5, 5.41) is 5.30. The summed E-state index contributed by atoms with van der Waals surface area (Å²) in [7, 11) is 0. The van der Waals surface area contributed by atoms with Crippen molar-refractivity contribution in [2.75, 3.05) is 13.1 Å². The van der Waals surface area contributed by atoms with Crippen molar-refractivity contribution in [3.05, 3.63) is 35.9 Å². The van der Waals surface area contributed by atoms with Gasteiger partial charge in [-0.15, -0.1) is 0 Å². The molecule has 1 aromatic rings. The Kier molecular flexibility index (Phi) is 8.17. The lowest BCUT2D eigenvalue weighted by atomic mass is 10.2. The normalized spacial score (nSPS) is 14.0. The Labute approximate surface area is 127 Å². The molecule has 116 valence electrons. The van der Waals surface area contributed by atoms with Gasteiger partial charge in [-0.1, -0.05) is 50.8 Å². The maximum Gasteiger partial charge on any atom is 0.251 e. The third kappa shape index (κ3) is 8.12. The van der Waals surface area contributed by atoms with Crippen molar-refractivity contribution in [1.29, 1.82) is 0 Å². The van der Waals surface area contributed by atoms with Crippen LogP contribution in [0, 0.1) is 5.92 Å². The minimum Gasteiger partial charge on any atom is -0.355 e.